The van der Waals surface area contributed by atoms with Crippen molar-refractivity contribution >= 4 is 12.6 Å². The second kappa shape index (κ2) is 4.26. The first-order chi connectivity index (χ1) is 5.33. The van der Waals surface area contributed by atoms with E-state index >= 15 is 0 Å². The van der Waals surface area contributed by atoms with Crippen LogP contribution in [-0.4, -0.2) is 5.25 Å². The number of hydrogen-bond donors (Lipinski definition) is 1. The molecule has 72 valence electrons. The van der Waals surface area contributed by atoms with Crippen molar-refractivity contribution in [2.24, 2.45) is 5.41 Å². The van der Waals surface area contributed by atoms with Gasteiger partial charge in [0.2, 0.25) is 0 Å². The van der Waals surface area contributed by atoms with E-state index in [1.807, 2.05) is 13.8 Å². The van der Waals surface area contributed by atoms with Crippen molar-refractivity contribution in [3.05, 3.63) is 12.7 Å². The zero-order valence-corrected chi connectivity index (χ0v) is 8.50. The third-order valence-corrected chi connectivity index (χ3v) is 2.29. The molecule has 0 bridgehead atoms. The maximum Gasteiger partial charge on any atom is 0.291 e. The number of halogens is 2. The van der Waals surface area contributed by atoms with Crippen molar-refractivity contribution in [3.8, 4) is 0 Å². The Bertz CT molecular complexity index is 151. The molecule has 0 spiro atoms. The number of hydrogen-bond acceptors (Lipinski definition) is 1. The fourth-order valence-corrected chi connectivity index (χ4v) is 1.59. The van der Waals surface area contributed by atoms with Gasteiger partial charge in [-0.3, -0.25) is 0 Å². The van der Waals surface area contributed by atoms with Crippen molar-refractivity contribution in [1.82, 2.24) is 0 Å². The summed E-state index contributed by atoms with van der Waals surface area (Å²) < 4.78 is 25.1. The summed E-state index contributed by atoms with van der Waals surface area (Å²) in [5.74, 6) is 0. The van der Waals surface area contributed by atoms with Gasteiger partial charge in [-0.15, -0.1) is 19.2 Å². The molecule has 0 saturated heterocycles. The van der Waals surface area contributed by atoms with E-state index in [2.05, 4.69) is 19.2 Å². The molecule has 0 N–H and O–H groups in total. The Kier molecular flexibility index (Phi) is 4.24. The van der Waals surface area contributed by atoms with Gasteiger partial charge in [0.1, 0.15) is 0 Å². The highest BCUT2D eigenvalue weighted by Crippen LogP contribution is 2.39. The van der Waals surface area contributed by atoms with Crippen molar-refractivity contribution < 1.29 is 8.78 Å². The number of allylic oxidation sites excluding steroid dienone is 1. The average Bonchev–Trinajstić information content (AvgIpc) is 1.84. The first-order valence-electron chi connectivity index (χ1n) is 4.04. The predicted octanol–water partition coefficient (Wildman–Crippen LogP) is 3.89. The Morgan fingerprint density at radius 3 is 2.25 bits per heavy atom. The molecule has 0 amide bonds. The van der Waals surface area contributed by atoms with Gasteiger partial charge in [-0.2, -0.15) is 8.78 Å². The summed E-state index contributed by atoms with van der Waals surface area (Å²) in [7, 11) is 0. The topological polar surface area (TPSA) is 0 Å². The maximum atomic E-state index is 12.6. The van der Waals surface area contributed by atoms with Gasteiger partial charge in [0.15, 0.2) is 0 Å². The van der Waals surface area contributed by atoms with Crippen LogP contribution in [0.3, 0.4) is 0 Å². The average molecular weight is 194 g/mol. The fraction of sp³-hybridized carbons (Fsp3) is 0.778. The van der Waals surface area contributed by atoms with Gasteiger partial charge < -0.3 is 0 Å². The van der Waals surface area contributed by atoms with E-state index in [0.29, 0.717) is 6.42 Å². The zero-order valence-electron chi connectivity index (χ0n) is 7.61. The SMILES string of the molecule is C=CCC(C)(CC)CC(F)(F)S. The molecule has 12 heavy (non-hydrogen) atoms. The minimum absolute atomic E-state index is 0.189. The molecule has 0 aromatic rings. The quantitative estimate of drug-likeness (QED) is 0.498. The van der Waals surface area contributed by atoms with Crippen LogP contribution in [0.1, 0.15) is 33.1 Å². The Labute approximate surface area is 78.5 Å². The number of rotatable bonds is 5. The molecule has 0 rings (SSSR count). The van der Waals surface area contributed by atoms with E-state index in [9.17, 15) is 8.78 Å². The van der Waals surface area contributed by atoms with Crippen molar-refractivity contribution in [3.63, 3.8) is 0 Å². The summed E-state index contributed by atoms with van der Waals surface area (Å²) in [5.41, 5.74) is -0.368. The molecule has 0 aromatic carbocycles. The highest BCUT2D eigenvalue weighted by atomic mass is 32.1. The van der Waals surface area contributed by atoms with Gasteiger partial charge in [-0.05, 0) is 11.8 Å². The van der Waals surface area contributed by atoms with E-state index in [-0.39, 0.29) is 11.8 Å². The van der Waals surface area contributed by atoms with Gasteiger partial charge in [-0.25, -0.2) is 0 Å². The molecule has 1 unspecified atom stereocenters. The molecular weight excluding hydrogens is 178 g/mol. The highest BCUT2D eigenvalue weighted by molar-refractivity contribution is 7.81. The lowest BCUT2D eigenvalue weighted by Gasteiger charge is -2.29. The van der Waals surface area contributed by atoms with Gasteiger partial charge in [0, 0.05) is 6.42 Å². The van der Waals surface area contributed by atoms with Gasteiger partial charge in [0.25, 0.3) is 5.25 Å². The van der Waals surface area contributed by atoms with Crippen LogP contribution in [0.2, 0.25) is 0 Å². The highest BCUT2D eigenvalue weighted by Gasteiger charge is 2.34. The molecule has 0 aromatic heterocycles. The van der Waals surface area contributed by atoms with Crippen LogP contribution in [0, 0.1) is 5.41 Å². The summed E-state index contributed by atoms with van der Waals surface area (Å²) in [6, 6.07) is 0. The molecule has 3 heteroatoms. The fourth-order valence-electron chi connectivity index (χ4n) is 1.20. The second-order valence-electron chi connectivity index (χ2n) is 3.50. The molecule has 0 heterocycles. The summed E-state index contributed by atoms with van der Waals surface area (Å²) in [4.78, 5) is 0. The Balaban J connectivity index is 4.23. The molecule has 0 fully saturated rings. The van der Waals surface area contributed by atoms with Crippen LogP contribution in [0.25, 0.3) is 0 Å². The van der Waals surface area contributed by atoms with Crippen LogP contribution in [0.5, 0.6) is 0 Å². The largest absolute Gasteiger partial charge is 0.291 e. The zero-order chi connectivity index (χ0) is 9.83. The van der Waals surface area contributed by atoms with Crippen LogP contribution >= 0.6 is 12.6 Å². The number of thiol groups is 1. The minimum Gasteiger partial charge on any atom is -0.195 e. The maximum absolute atomic E-state index is 12.6. The summed E-state index contributed by atoms with van der Waals surface area (Å²) in [5, 5.41) is -2.87. The third kappa shape index (κ3) is 4.75. The van der Waals surface area contributed by atoms with Crippen LogP contribution in [0.15, 0.2) is 12.7 Å². The second-order valence-corrected chi connectivity index (χ2v) is 4.15. The van der Waals surface area contributed by atoms with E-state index in [0.717, 1.165) is 6.42 Å². The molecule has 0 nitrogen and oxygen atoms in total. The monoisotopic (exact) mass is 194 g/mol. The Hall–Kier alpha value is -0.0500. The van der Waals surface area contributed by atoms with Crippen LogP contribution in [0.4, 0.5) is 8.78 Å². The lowest BCUT2D eigenvalue weighted by molar-refractivity contribution is 0.0466. The van der Waals surface area contributed by atoms with E-state index in [4.69, 9.17) is 0 Å². The standard InChI is InChI=1S/C9H16F2S/c1-4-6-8(3,5-2)7-9(10,11)12/h4,12H,1,5-7H2,2-3H3. The number of alkyl halides is 2. The lowest BCUT2D eigenvalue weighted by atomic mass is 9.81. The van der Waals surface area contributed by atoms with Gasteiger partial charge in [0.05, 0.1) is 0 Å². The Morgan fingerprint density at radius 1 is 1.50 bits per heavy atom. The minimum atomic E-state index is -2.87. The molecular formula is C9H16F2S. The summed E-state index contributed by atoms with van der Waals surface area (Å²) in [6.07, 6.45) is 2.82. The van der Waals surface area contributed by atoms with E-state index < -0.39 is 5.25 Å². The lowest BCUT2D eigenvalue weighted by Crippen LogP contribution is -2.23. The Morgan fingerprint density at radius 2 is 2.00 bits per heavy atom. The molecule has 1 atom stereocenters. The summed E-state index contributed by atoms with van der Waals surface area (Å²) in [6.45, 7) is 7.29. The molecule has 0 aliphatic heterocycles. The smallest absolute Gasteiger partial charge is 0.195 e. The predicted molar refractivity (Wildman–Crippen MR) is 51.8 cm³/mol. The van der Waals surface area contributed by atoms with E-state index in [1.54, 1.807) is 6.08 Å². The molecule has 0 saturated carbocycles. The normalized spacial score (nSPS) is 17.1. The van der Waals surface area contributed by atoms with E-state index in [1.165, 1.54) is 0 Å². The molecule has 0 aliphatic rings. The first-order valence-corrected chi connectivity index (χ1v) is 4.49. The van der Waals surface area contributed by atoms with Crippen molar-refractivity contribution in [1.29, 1.82) is 0 Å². The molecule has 0 aliphatic carbocycles. The van der Waals surface area contributed by atoms with Crippen LogP contribution in [-0.2, 0) is 0 Å². The van der Waals surface area contributed by atoms with Gasteiger partial charge >= 0.3 is 0 Å². The van der Waals surface area contributed by atoms with Crippen molar-refractivity contribution in [2.75, 3.05) is 0 Å². The third-order valence-electron chi connectivity index (χ3n) is 2.13. The van der Waals surface area contributed by atoms with Crippen LogP contribution < -0.4 is 0 Å². The van der Waals surface area contributed by atoms with Crippen molar-refractivity contribution in [2.45, 2.75) is 38.4 Å². The molecule has 0 radical (unpaired) electrons. The van der Waals surface area contributed by atoms with Gasteiger partial charge in [-0.1, -0.05) is 26.3 Å². The first kappa shape index (κ1) is 11.9. The summed E-state index contributed by atoms with van der Waals surface area (Å²) >= 11 is 3.23.